The number of sulfone groups is 1. The van der Waals surface area contributed by atoms with Crippen LogP contribution in [-0.2, 0) is 9.84 Å². The third-order valence-corrected chi connectivity index (χ3v) is 5.78. The van der Waals surface area contributed by atoms with Crippen LogP contribution in [0.1, 0.15) is 32.1 Å². The lowest BCUT2D eigenvalue weighted by atomic mass is 9.74. The van der Waals surface area contributed by atoms with Gasteiger partial charge in [-0.05, 0) is 30.6 Å². The van der Waals surface area contributed by atoms with Crippen LogP contribution in [0.2, 0.25) is 0 Å². The summed E-state index contributed by atoms with van der Waals surface area (Å²) < 4.78 is 22.7. The van der Waals surface area contributed by atoms with Gasteiger partial charge in [-0.1, -0.05) is 12.8 Å². The van der Waals surface area contributed by atoms with Crippen LogP contribution in [0, 0.1) is 11.3 Å². The minimum Gasteiger partial charge on any atom is -0.396 e. The van der Waals surface area contributed by atoms with Crippen LogP contribution < -0.4 is 0 Å². The van der Waals surface area contributed by atoms with E-state index in [0.717, 1.165) is 32.1 Å². The molecular formula is C10H18O3S. The van der Waals surface area contributed by atoms with Crippen molar-refractivity contribution in [3.8, 4) is 0 Å². The molecule has 3 nitrogen and oxygen atoms in total. The molecule has 0 radical (unpaired) electrons. The second kappa shape index (κ2) is 3.49. The minimum atomic E-state index is -2.79. The molecule has 1 N–H and O–H groups in total. The molecule has 1 aliphatic carbocycles. The molecule has 1 saturated heterocycles. The van der Waals surface area contributed by atoms with Crippen molar-refractivity contribution in [1.29, 1.82) is 0 Å². The number of hydrogen-bond acceptors (Lipinski definition) is 3. The molecule has 1 atom stereocenters. The van der Waals surface area contributed by atoms with Crippen LogP contribution in [0.5, 0.6) is 0 Å². The Bertz CT molecular complexity index is 301. The monoisotopic (exact) mass is 218 g/mol. The van der Waals surface area contributed by atoms with Gasteiger partial charge >= 0.3 is 0 Å². The summed E-state index contributed by atoms with van der Waals surface area (Å²) in [6.45, 7) is 0.174. The quantitative estimate of drug-likeness (QED) is 0.751. The summed E-state index contributed by atoms with van der Waals surface area (Å²) in [7, 11) is -2.79. The lowest BCUT2D eigenvalue weighted by Gasteiger charge is -2.32. The maximum atomic E-state index is 11.4. The van der Waals surface area contributed by atoms with Gasteiger partial charge in [0.05, 0.1) is 11.5 Å². The van der Waals surface area contributed by atoms with Crippen LogP contribution in [0.15, 0.2) is 0 Å². The van der Waals surface area contributed by atoms with Crippen LogP contribution in [-0.4, -0.2) is 31.6 Å². The van der Waals surface area contributed by atoms with E-state index in [9.17, 15) is 13.5 Å². The molecule has 1 unspecified atom stereocenters. The molecule has 0 aromatic heterocycles. The lowest BCUT2D eigenvalue weighted by Crippen LogP contribution is -2.32. The smallest absolute Gasteiger partial charge is 0.150 e. The van der Waals surface area contributed by atoms with Gasteiger partial charge in [0.15, 0.2) is 9.84 Å². The Morgan fingerprint density at radius 1 is 1.29 bits per heavy atom. The molecule has 2 rings (SSSR count). The van der Waals surface area contributed by atoms with E-state index in [1.165, 1.54) is 0 Å². The van der Waals surface area contributed by atoms with Gasteiger partial charge in [-0.15, -0.1) is 0 Å². The zero-order chi connectivity index (χ0) is 10.2. The molecule has 1 aliphatic heterocycles. The Hall–Kier alpha value is -0.0900. The third kappa shape index (κ3) is 1.70. The van der Waals surface area contributed by atoms with E-state index in [2.05, 4.69) is 0 Å². The first-order valence-corrected chi connectivity index (χ1v) is 7.21. The number of aliphatic hydroxyl groups excluding tert-OH is 1. The molecule has 2 fully saturated rings. The number of aliphatic hydroxyl groups is 1. The summed E-state index contributed by atoms with van der Waals surface area (Å²) in [6.07, 6.45) is 5.10. The first kappa shape index (κ1) is 10.4. The molecule has 1 saturated carbocycles. The topological polar surface area (TPSA) is 54.4 Å². The van der Waals surface area contributed by atoms with E-state index in [0.29, 0.717) is 11.5 Å². The predicted molar refractivity (Wildman–Crippen MR) is 54.7 cm³/mol. The molecule has 0 aromatic rings. The minimum absolute atomic E-state index is 0.0520. The number of hydrogen-bond donors (Lipinski definition) is 1. The van der Waals surface area contributed by atoms with E-state index in [4.69, 9.17) is 0 Å². The van der Waals surface area contributed by atoms with Gasteiger partial charge in [0, 0.05) is 6.61 Å². The highest BCUT2D eigenvalue weighted by Gasteiger charge is 2.45. The van der Waals surface area contributed by atoms with Crippen molar-refractivity contribution in [1.82, 2.24) is 0 Å². The summed E-state index contributed by atoms with van der Waals surface area (Å²) in [5.41, 5.74) is -0.0520. The Labute approximate surface area is 85.4 Å². The van der Waals surface area contributed by atoms with Gasteiger partial charge in [-0.25, -0.2) is 8.42 Å². The Balaban J connectivity index is 2.14. The Morgan fingerprint density at radius 3 is 2.36 bits per heavy atom. The maximum absolute atomic E-state index is 11.4. The third-order valence-electron chi connectivity index (χ3n) is 4.01. The zero-order valence-electron chi connectivity index (χ0n) is 8.41. The maximum Gasteiger partial charge on any atom is 0.150 e. The van der Waals surface area contributed by atoms with Gasteiger partial charge in [0.25, 0.3) is 0 Å². The summed E-state index contributed by atoms with van der Waals surface area (Å²) in [5.74, 6) is 0.868. The molecule has 2 aliphatic rings. The molecule has 1 heterocycles. The molecular weight excluding hydrogens is 200 g/mol. The second-order valence-electron chi connectivity index (χ2n) is 4.83. The van der Waals surface area contributed by atoms with Crippen molar-refractivity contribution in [2.24, 2.45) is 11.3 Å². The summed E-state index contributed by atoms with van der Waals surface area (Å²) in [6, 6.07) is 0. The Morgan fingerprint density at radius 2 is 1.93 bits per heavy atom. The largest absolute Gasteiger partial charge is 0.396 e. The van der Waals surface area contributed by atoms with Gasteiger partial charge < -0.3 is 5.11 Å². The highest BCUT2D eigenvalue weighted by atomic mass is 32.2. The van der Waals surface area contributed by atoms with Crippen LogP contribution >= 0.6 is 0 Å². The van der Waals surface area contributed by atoms with E-state index < -0.39 is 9.84 Å². The van der Waals surface area contributed by atoms with E-state index in [-0.39, 0.29) is 17.9 Å². The number of rotatable bonds is 2. The zero-order valence-corrected chi connectivity index (χ0v) is 9.22. The highest BCUT2D eigenvalue weighted by molar-refractivity contribution is 7.91. The second-order valence-corrected chi connectivity index (χ2v) is 7.06. The van der Waals surface area contributed by atoms with Gasteiger partial charge in [0.2, 0.25) is 0 Å². The average molecular weight is 218 g/mol. The van der Waals surface area contributed by atoms with E-state index in [1.807, 2.05) is 0 Å². The van der Waals surface area contributed by atoms with Crippen molar-refractivity contribution >= 4 is 9.84 Å². The van der Waals surface area contributed by atoms with Crippen molar-refractivity contribution in [3.63, 3.8) is 0 Å². The molecule has 0 spiro atoms. The average Bonchev–Trinajstić information content (AvgIpc) is 2.72. The normalized spacial score (nSPS) is 34.8. The first-order valence-electron chi connectivity index (χ1n) is 5.39. The van der Waals surface area contributed by atoms with Gasteiger partial charge in [0.1, 0.15) is 0 Å². The predicted octanol–water partition coefficient (Wildman–Crippen LogP) is 0.974. The lowest BCUT2D eigenvalue weighted by molar-refractivity contribution is 0.0777. The molecule has 0 amide bonds. The Kier molecular flexibility index (Phi) is 2.60. The van der Waals surface area contributed by atoms with Crippen LogP contribution in [0.25, 0.3) is 0 Å². The van der Waals surface area contributed by atoms with Crippen molar-refractivity contribution in [2.75, 3.05) is 18.1 Å². The summed E-state index contributed by atoms with van der Waals surface area (Å²) in [4.78, 5) is 0. The van der Waals surface area contributed by atoms with Gasteiger partial charge in [-0.3, -0.25) is 0 Å². The molecule has 4 heteroatoms. The summed E-state index contributed by atoms with van der Waals surface area (Å²) in [5, 5.41) is 9.45. The van der Waals surface area contributed by atoms with Crippen molar-refractivity contribution in [3.05, 3.63) is 0 Å². The molecule has 0 aromatic carbocycles. The fourth-order valence-electron chi connectivity index (χ4n) is 3.05. The van der Waals surface area contributed by atoms with Crippen LogP contribution in [0.3, 0.4) is 0 Å². The van der Waals surface area contributed by atoms with E-state index in [1.54, 1.807) is 0 Å². The summed E-state index contributed by atoms with van der Waals surface area (Å²) >= 11 is 0. The molecule has 82 valence electrons. The van der Waals surface area contributed by atoms with Gasteiger partial charge in [-0.2, -0.15) is 0 Å². The standard InChI is InChI=1S/C10H18O3S/c11-8-10(4-1-2-5-10)9-3-6-14(12,13)7-9/h9,11H,1-8H2. The van der Waals surface area contributed by atoms with Crippen molar-refractivity contribution < 1.29 is 13.5 Å². The van der Waals surface area contributed by atoms with E-state index >= 15 is 0 Å². The fourth-order valence-corrected chi connectivity index (χ4v) is 5.00. The highest BCUT2D eigenvalue weighted by Crippen LogP contribution is 2.47. The van der Waals surface area contributed by atoms with Crippen LogP contribution in [0.4, 0.5) is 0 Å². The van der Waals surface area contributed by atoms with Crippen molar-refractivity contribution in [2.45, 2.75) is 32.1 Å². The fraction of sp³-hybridized carbons (Fsp3) is 1.00. The molecule has 0 bridgehead atoms. The first-order chi connectivity index (χ1) is 6.58. The SMILES string of the molecule is O=S1(=O)CCC(C2(CO)CCCC2)C1. The molecule has 14 heavy (non-hydrogen) atoms.